The smallest absolute Gasteiger partial charge is 0.255 e. The molecule has 1 atom stereocenters. The number of rotatable bonds is 3. The molecule has 0 unspecified atom stereocenters. The minimum atomic E-state index is -0.0381. The van der Waals surface area contributed by atoms with Crippen LogP contribution in [0.5, 0.6) is 0 Å². The molecule has 4 nitrogen and oxygen atoms in total. The van der Waals surface area contributed by atoms with E-state index in [9.17, 15) is 4.79 Å². The molecule has 1 aliphatic rings. The zero-order chi connectivity index (χ0) is 18.1. The predicted octanol–water partition coefficient (Wildman–Crippen LogP) is 4.30. The number of amides is 1. The Kier molecular flexibility index (Phi) is 4.33. The van der Waals surface area contributed by atoms with Crippen molar-refractivity contribution in [3.63, 3.8) is 0 Å². The Morgan fingerprint density at radius 1 is 1.08 bits per heavy atom. The van der Waals surface area contributed by atoms with Crippen LogP contribution in [-0.4, -0.2) is 15.7 Å². The van der Waals surface area contributed by atoms with E-state index in [0.717, 1.165) is 36.3 Å². The van der Waals surface area contributed by atoms with E-state index in [4.69, 9.17) is 0 Å². The predicted molar refractivity (Wildman–Crippen MR) is 103 cm³/mol. The maximum absolute atomic E-state index is 13.0. The number of aromatic nitrogens is 2. The zero-order valence-corrected chi connectivity index (χ0v) is 15.2. The van der Waals surface area contributed by atoms with Crippen molar-refractivity contribution in [2.45, 2.75) is 39.2 Å². The number of para-hydroxylation sites is 1. The van der Waals surface area contributed by atoms with Gasteiger partial charge in [-0.15, -0.1) is 0 Å². The quantitative estimate of drug-likeness (QED) is 0.769. The third kappa shape index (κ3) is 2.92. The van der Waals surface area contributed by atoms with Gasteiger partial charge in [-0.1, -0.05) is 42.5 Å². The molecule has 0 radical (unpaired) electrons. The van der Waals surface area contributed by atoms with Gasteiger partial charge in [0.05, 0.1) is 28.7 Å². The molecular weight excluding hydrogens is 322 g/mol. The zero-order valence-electron chi connectivity index (χ0n) is 15.2. The molecule has 1 aliphatic carbocycles. The number of nitrogens with zero attached hydrogens (tertiary/aromatic N) is 2. The SMILES string of the molecule is Cc1nn(-c2ccccc2)c(C)c1C(=O)N[C@@H]1CCCc2ccccc21. The van der Waals surface area contributed by atoms with Crippen LogP contribution in [0.1, 0.15) is 51.8 Å². The second-order valence-electron chi connectivity index (χ2n) is 6.91. The molecule has 0 aliphatic heterocycles. The first kappa shape index (κ1) is 16.6. The van der Waals surface area contributed by atoms with Crippen LogP contribution in [0, 0.1) is 13.8 Å². The Morgan fingerprint density at radius 2 is 1.81 bits per heavy atom. The number of hydrogen-bond acceptors (Lipinski definition) is 2. The number of nitrogens with one attached hydrogen (secondary N) is 1. The molecule has 0 bridgehead atoms. The van der Waals surface area contributed by atoms with Gasteiger partial charge in [0.15, 0.2) is 0 Å². The molecule has 4 heteroatoms. The largest absolute Gasteiger partial charge is 0.345 e. The standard InChI is InChI=1S/C22H23N3O/c1-15-21(16(2)25(24-15)18-11-4-3-5-12-18)22(26)23-20-14-8-10-17-9-6-7-13-19(17)20/h3-7,9,11-13,20H,8,10,14H2,1-2H3,(H,23,26)/t20-/m1/s1. The van der Waals surface area contributed by atoms with Crippen LogP contribution >= 0.6 is 0 Å². The summed E-state index contributed by atoms with van der Waals surface area (Å²) in [6, 6.07) is 18.4. The van der Waals surface area contributed by atoms with Crippen LogP contribution in [0.3, 0.4) is 0 Å². The van der Waals surface area contributed by atoms with Gasteiger partial charge in [-0.05, 0) is 56.4 Å². The van der Waals surface area contributed by atoms with Crippen LogP contribution in [0.2, 0.25) is 0 Å². The van der Waals surface area contributed by atoms with Gasteiger partial charge in [0.1, 0.15) is 0 Å². The summed E-state index contributed by atoms with van der Waals surface area (Å²) < 4.78 is 1.85. The second-order valence-corrected chi connectivity index (χ2v) is 6.91. The highest BCUT2D eigenvalue weighted by Crippen LogP contribution is 2.30. The molecule has 3 aromatic rings. The van der Waals surface area contributed by atoms with Crippen molar-refractivity contribution in [2.75, 3.05) is 0 Å². The Hall–Kier alpha value is -2.88. The van der Waals surface area contributed by atoms with Gasteiger partial charge in [0.2, 0.25) is 0 Å². The lowest BCUT2D eigenvalue weighted by atomic mass is 9.87. The molecular formula is C22H23N3O. The normalized spacial score (nSPS) is 16.2. The van der Waals surface area contributed by atoms with E-state index >= 15 is 0 Å². The lowest BCUT2D eigenvalue weighted by Crippen LogP contribution is -2.31. The number of carbonyl (C=O) groups excluding carboxylic acids is 1. The third-order valence-electron chi connectivity index (χ3n) is 5.19. The summed E-state index contributed by atoms with van der Waals surface area (Å²) in [6.45, 7) is 3.85. The van der Waals surface area contributed by atoms with Crippen molar-refractivity contribution in [2.24, 2.45) is 0 Å². The van der Waals surface area contributed by atoms with E-state index in [1.165, 1.54) is 11.1 Å². The summed E-state index contributed by atoms with van der Waals surface area (Å²) in [5.41, 5.74) is 5.87. The minimum Gasteiger partial charge on any atom is -0.345 e. The Morgan fingerprint density at radius 3 is 2.62 bits per heavy atom. The van der Waals surface area contributed by atoms with Crippen molar-refractivity contribution in [1.29, 1.82) is 0 Å². The van der Waals surface area contributed by atoms with E-state index in [-0.39, 0.29) is 11.9 Å². The summed E-state index contributed by atoms with van der Waals surface area (Å²) in [5, 5.41) is 7.84. The maximum atomic E-state index is 13.0. The Labute approximate surface area is 153 Å². The van der Waals surface area contributed by atoms with E-state index in [1.54, 1.807) is 0 Å². The van der Waals surface area contributed by atoms with Crippen LogP contribution in [-0.2, 0) is 6.42 Å². The molecule has 1 heterocycles. The monoisotopic (exact) mass is 345 g/mol. The molecule has 2 aromatic carbocycles. The first-order valence-corrected chi connectivity index (χ1v) is 9.15. The first-order valence-electron chi connectivity index (χ1n) is 9.15. The lowest BCUT2D eigenvalue weighted by molar-refractivity contribution is 0.0931. The van der Waals surface area contributed by atoms with Gasteiger partial charge in [-0.25, -0.2) is 4.68 Å². The average Bonchev–Trinajstić information content (AvgIpc) is 2.97. The minimum absolute atomic E-state index is 0.0381. The second kappa shape index (κ2) is 6.79. The van der Waals surface area contributed by atoms with E-state index in [1.807, 2.05) is 54.9 Å². The Balaban J connectivity index is 1.63. The molecule has 1 N–H and O–H groups in total. The fourth-order valence-electron chi connectivity index (χ4n) is 3.93. The van der Waals surface area contributed by atoms with Crippen molar-refractivity contribution >= 4 is 5.91 Å². The summed E-state index contributed by atoms with van der Waals surface area (Å²) in [7, 11) is 0. The van der Waals surface area contributed by atoms with Crippen LogP contribution in [0.4, 0.5) is 0 Å². The maximum Gasteiger partial charge on any atom is 0.255 e. The summed E-state index contributed by atoms with van der Waals surface area (Å²) >= 11 is 0. The number of carbonyl (C=O) groups is 1. The van der Waals surface area contributed by atoms with Crippen LogP contribution < -0.4 is 5.32 Å². The summed E-state index contributed by atoms with van der Waals surface area (Å²) in [4.78, 5) is 13.0. The van der Waals surface area contributed by atoms with E-state index in [0.29, 0.717) is 5.56 Å². The first-order chi connectivity index (χ1) is 12.6. The van der Waals surface area contributed by atoms with Crippen LogP contribution in [0.25, 0.3) is 5.69 Å². The number of fused-ring (bicyclic) bond motifs is 1. The van der Waals surface area contributed by atoms with Crippen molar-refractivity contribution in [3.05, 3.63) is 82.7 Å². The molecule has 0 saturated carbocycles. The van der Waals surface area contributed by atoms with Gasteiger partial charge < -0.3 is 5.32 Å². The highest BCUT2D eigenvalue weighted by atomic mass is 16.1. The lowest BCUT2D eigenvalue weighted by Gasteiger charge is -2.26. The van der Waals surface area contributed by atoms with Crippen molar-refractivity contribution < 1.29 is 4.79 Å². The van der Waals surface area contributed by atoms with Gasteiger partial charge in [-0.3, -0.25) is 4.79 Å². The van der Waals surface area contributed by atoms with E-state index in [2.05, 4.69) is 28.6 Å². The third-order valence-corrected chi connectivity index (χ3v) is 5.19. The van der Waals surface area contributed by atoms with Crippen molar-refractivity contribution in [3.8, 4) is 5.69 Å². The highest BCUT2D eigenvalue weighted by Gasteiger charge is 2.25. The van der Waals surface area contributed by atoms with Crippen molar-refractivity contribution in [1.82, 2.24) is 15.1 Å². The van der Waals surface area contributed by atoms with Crippen LogP contribution in [0.15, 0.2) is 54.6 Å². The summed E-state index contributed by atoms with van der Waals surface area (Å²) in [5.74, 6) is -0.0381. The molecule has 0 spiro atoms. The Bertz CT molecular complexity index is 943. The van der Waals surface area contributed by atoms with Gasteiger partial charge in [0.25, 0.3) is 5.91 Å². The fraction of sp³-hybridized carbons (Fsp3) is 0.273. The topological polar surface area (TPSA) is 46.9 Å². The molecule has 26 heavy (non-hydrogen) atoms. The average molecular weight is 345 g/mol. The number of aryl methyl sites for hydroxylation is 2. The number of benzene rings is 2. The van der Waals surface area contributed by atoms with Gasteiger partial charge in [0, 0.05) is 0 Å². The molecule has 132 valence electrons. The molecule has 0 saturated heterocycles. The molecule has 4 rings (SSSR count). The van der Waals surface area contributed by atoms with Gasteiger partial charge in [-0.2, -0.15) is 5.10 Å². The number of hydrogen-bond donors (Lipinski definition) is 1. The molecule has 0 fully saturated rings. The van der Waals surface area contributed by atoms with E-state index < -0.39 is 0 Å². The fourth-order valence-corrected chi connectivity index (χ4v) is 3.93. The molecule has 1 amide bonds. The van der Waals surface area contributed by atoms with Gasteiger partial charge >= 0.3 is 0 Å². The summed E-state index contributed by atoms with van der Waals surface area (Å²) in [6.07, 6.45) is 3.17. The molecule has 1 aromatic heterocycles. The highest BCUT2D eigenvalue weighted by molar-refractivity contribution is 5.96.